The summed E-state index contributed by atoms with van der Waals surface area (Å²) in [5, 5.41) is 0. The van der Waals surface area contributed by atoms with Crippen LogP contribution in [0.25, 0.3) is 0 Å². The lowest BCUT2D eigenvalue weighted by molar-refractivity contribution is 0.340. The van der Waals surface area contributed by atoms with E-state index in [1.54, 1.807) is 0 Å². The minimum atomic E-state index is 0.179. The SMILES string of the molecule is CCOc1ccc([C@@H]2C[C@H]2N=C(N)N)cc1. The fraction of sp³-hybridized carbons (Fsp3) is 0.417. The third kappa shape index (κ3) is 2.45. The smallest absolute Gasteiger partial charge is 0.186 e. The molecule has 16 heavy (non-hydrogen) atoms. The topological polar surface area (TPSA) is 73.6 Å². The Morgan fingerprint density at radius 2 is 2.06 bits per heavy atom. The van der Waals surface area contributed by atoms with E-state index in [0.717, 1.165) is 12.2 Å². The van der Waals surface area contributed by atoms with Crippen molar-refractivity contribution in [3.05, 3.63) is 29.8 Å². The molecule has 0 aliphatic heterocycles. The molecule has 0 aromatic heterocycles. The van der Waals surface area contributed by atoms with Gasteiger partial charge in [-0.3, -0.25) is 0 Å². The highest BCUT2D eigenvalue weighted by Gasteiger charge is 2.38. The molecule has 1 aliphatic rings. The number of benzene rings is 1. The summed E-state index contributed by atoms with van der Waals surface area (Å²) in [6.07, 6.45) is 1.03. The van der Waals surface area contributed by atoms with Gasteiger partial charge >= 0.3 is 0 Å². The maximum Gasteiger partial charge on any atom is 0.186 e. The normalized spacial score (nSPS) is 22.6. The molecule has 4 heteroatoms. The van der Waals surface area contributed by atoms with E-state index in [4.69, 9.17) is 16.2 Å². The van der Waals surface area contributed by atoms with Gasteiger partial charge in [-0.15, -0.1) is 0 Å². The molecule has 1 saturated carbocycles. The van der Waals surface area contributed by atoms with Gasteiger partial charge in [0.05, 0.1) is 12.6 Å². The number of nitrogens with two attached hydrogens (primary N) is 2. The van der Waals surface area contributed by atoms with Crippen molar-refractivity contribution in [2.24, 2.45) is 16.5 Å². The van der Waals surface area contributed by atoms with Crippen molar-refractivity contribution in [2.45, 2.75) is 25.3 Å². The minimum absolute atomic E-state index is 0.179. The number of ether oxygens (including phenoxy) is 1. The Labute approximate surface area is 95.3 Å². The van der Waals surface area contributed by atoms with Gasteiger partial charge in [-0.2, -0.15) is 0 Å². The molecule has 2 atom stereocenters. The molecule has 2 rings (SSSR count). The average Bonchev–Trinajstić information content (AvgIpc) is 2.98. The van der Waals surface area contributed by atoms with Crippen molar-refractivity contribution in [2.75, 3.05) is 6.61 Å². The van der Waals surface area contributed by atoms with Crippen molar-refractivity contribution in [3.63, 3.8) is 0 Å². The van der Waals surface area contributed by atoms with Crippen LogP contribution in [-0.2, 0) is 0 Å². The van der Waals surface area contributed by atoms with E-state index < -0.39 is 0 Å². The van der Waals surface area contributed by atoms with Crippen LogP contribution in [0.3, 0.4) is 0 Å². The second-order valence-corrected chi connectivity index (χ2v) is 3.97. The summed E-state index contributed by atoms with van der Waals surface area (Å²) in [6, 6.07) is 8.41. The van der Waals surface area contributed by atoms with E-state index in [0.29, 0.717) is 12.5 Å². The van der Waals surface area contributed by atoms with Crippen LogP contribution in [-0.4, -0.2) is 18.6 Å². The van der Waals surface area contributed by atoms with E-state index in [2.05, 4.69) is 17.1 Å². The van der Waals surface area contributed by atoms with Crippen molar-refractivity contribution in [1.82, 2.24) is 0 Å². The maximum absolute atomic E-state index is 5.38. The first kappa shape index (κ1) is 10.8. The molecule has 86 valence electrons. The van der Waals surface area contributed by atoms with Gasteiger partial charge in [-0.25, -0.2) is 4.99 Å². The van der Waals surface area contributed by atoms with Gasteiger partial charge in [0.25, 0.3) is 0 Å². The average molecular weight is 219 g/mol. The van der Waals surface area contributed by atoms with Crippen molar-refractivity contribution >= 4 is 5.96 Å². The summed E-state index contributed by atoms with van der Waals surface area (Å²) in [4.78, 5) is 4.15. The lowest BCUT2D eigenvalue weighted by Gasteiger charge is -2.03. The van der Waals surface area contributed by atoms with Crippen LogP contribution in [0.4, 0.5) is 0 Å². The van der Waals surface area contributed by atoms with E-state index >= 15 is 0 Å². The maximum atomic E-state index is 5.38. The molecule has 0 spiro atoms. The van der Waals surface area contributed by atoms with Crippen LogP contribution in [0, 0.1) is 0 Å². The predicted molar refractivity (Wildman–Crippen MR) is 64.6 cm³/mol. The number of rotatable bonds is 4. The Balaban J connectivity index is 1.99. The van der Waals surface area contributed by atoms with Gasteiger partial charge in [0, 0.05) is 5.92 Å². The first-order valence-electron chi connectivity index (χ1n) is 5.52. The number of hydrogen-bond acceptors (Lipinski definition) is 2. The molecule has 4 N–H and O–H groups in total. The second-order valence-electron chi connectivity index (χ2n) is 3.97. The van der Waals surface area contributed by atoms with Crippen LogP contribution in [0.1, 0.15) is 24.8 Å². The molecular weight excluding hydrogens is 202 g/mol. The van der Waals surface area contributed by atoms with Crippen molar-refractivity contribution in [3.8, 4) is 5.75 Å². The summed E-state index contributed by atoms with van der Waals surface area (Å²) in [5.41, 5.74) is 12.0. The Hall–Kier alpha value is -1.71. The fourth-order valence-electron chi connectivity index (χ4n) is 1.85. The largest absolute Gasteiger partial charge is 0.494 e. The molecule has 0 saturated heterocycles. The predicted octanol–water partition coefficient (Wildman–Crippen LogP) is 1.21. The monoisotopic (exact) mass is 219 g/mol. The van der Waals surface area contributed by atoms with E-state index in [9.17, 15) is 0 Å². The standard InChI is InChI=1S/C12H17N3O/c1-2-16-9-5-3-8(4-6-9)10-7-11(10)15-12(13)14/h3-6,10-11H,2,7H2,1H3,(H4,13,14,15)/t10-,11+/m0/s1. The highest BCUT2D eigenvalue weighted by atomic mass is 16.5. The molecule has 0 bridgehead atoms. The summed E-state index contributed by atoms with van der Waals surface area (Å²) in [7, 11) is 0. The lowest BCUT2D eigenvalue weighted by atomic mass is 10.1. The molecule has 1 aliphatic carbocycles. The molecule has 1 aromatic rings. The third-order valence-electron chi connectivity index (χ3n) is 2.69. The molecule has 0 radical (unpaired) electrons. The third-order valence-corrected chi connectivity index (χ3v) is 2.69. The highest BCUT2D eigenvalue weighted by molar-refractivity contribution is 5.76. The number of aliphatic imine (C=N–C) groups is 1. The van der Waals surface area contributed by atoms with Crippen LogP contribution < -0.4 is 16.2 Å². The van der Waals surface area contributed by atoms with Gasteiger partial charge < -0.3 is 16.2 Å². The quantitative estimate of drug-likeness (QED) is 0.590. The summed E-state index contributed by atoms with van der Waals surface area (Å²) in [6.45, 7) is 2.67. The van der Waals surface area contributed by atoms with Crippen LogP contribution in [0.2, 0.25) is 0 Å². The molecule has 0 heterocycles. The van der Waals surface area contributed by atoms with E-state index in [1.165, 1.54) is 5.56 Å². The summed E-state index contributed by atoms with van der Waals surface area (Å²) < 4.78 is 5.38. The Bertz CT molecular complexity index is 382. The first-order valence-corrected chi connectivity index (χ1v) is 5.52. The van der Waals surface area contributed by atoms with Gasteiger partial charge in [-0.05, 0) is 31.0 Å². The lowest BCUT2D eigenvalue weighted by Crippen LogP contribution is -2.23. The number of guanidine groups is 1. The zero-order chi connectivity index (χ0) is 11.5. The zero-order valence-electron chi connectivity index (χ0n) is 9.39. The van der Waals surface area contributed by atoms with Gasteiger partial charge in [0.1, 0.15) is 5.75 Å². The van der Waals surface area contributed by atoms with Gasteiger partial charge in [0.2, 0.25) is 0 Å². The second kappa shape index (κ2) is 4.43. The van der Waals surface area contributed by atoms with Crippen molar-refractivity contribution in [1.29, 1.82) is 0 Å². The number of nitrogens with zero attached hydrogens (tertiary/aromatic N) is 1. The van der Waals surface area contributed by atoms with E-state index in [1.807, 2.05) is 19.1 Å². The van der Waals surface area contributed by atoms with Crippen molar-refractivity contribution < 1.29 is 4.74 Å². The Morgan fingerprint density at radius 1 is 1.38 bits per heavy atom. The first-order chi connectivity index (χ1) is 7.70. The molecule has 4 nitrogen and oxygen atoms in total. The molecule has 1 fully saturated rings. The van der Waals surface area contributed by atoms with Gasteiger partial charge in [-0.1, -0.05) is 12.1 Å². The molecule has 1 aromatic carbocycles. The Kier molecular flexibility index (Phi) is 2.99. The van der Waals surface area contributed by atoms with Crippen LogP contribution in [0.5, 0.6) is 5.75 Å². The van der Waals surface area contributed by atoms with Gasteiger partial charge in [0.15, 0.2) is 5.96 Å². The zero-order valence-corrected chi connectivity index (χ0v) is 9.39. The van der Waals surface area contributed by atoms with E-state index in [-0.39, 0.29) is 12.0 Å². The van der Waals surface area contributed by atoms with Crippen LogP contribution >= 0.6 is 0 Å². The molecular formula is C12H17N3O. The number of hydrogen-bond donors (Lipinski definition) is 2. The summed E-state index contributed by atoms with van der Waals surface area (Å²) in [5.74, 6) is 1.56. The van der Waals surface area contributed by atoms with Crippen LogP contribution in [0.15, 0.2) is 29.3 Å². The minimum Gasteiger partial charge on any atom is -0.494 e. The highest BCUT2D eigenvalue weighted by Crippen LogP contribution is 2.43. The summed E-state index contributed by atoms with van der Waals surface area (Å²) >= 11 is 0. The molecule has 0 unspecified atom stereocenters. The molecule has 0 amide bonds. The fourth-order valence-corrected chi connectivity index (χ4v) is 1.85. The Morgan fingerprint density at radius 3 is 2.62 bits per heavy atom.